The summed E-state index contributed by atoms with van der Waals surface area (Å²) in [5.41, 5.74) is -0.446. The number of hydrogen-bond acceptors (Lipinski definition) is 2. The predicted molar refractivity (Wildman–Crippen MR) is 58.9 cm³/mol. The summed E-state index contributed by atoms with van der Waals surface area (Å²) in [6, 6.07) is 0. The molecule has 4 nitrogen and oxygen atoms in total. The molecule has 4 heteroatoms. The maximum atomic E-state index is 11.9. The van der Waals surface area contributed by atoms with E-state index in [0.29, 0.717) is 0 Å². The Morgan fingerprint density at radius 1 is 1.19 bits per heavy atom. The van der Waals surface area contributed by atoms with Crippen molar-refractivity contribution >= 4 is 11.9 Å². The van der Waals surface area contributed by atoms with Crippen molar-refractivity contribution in [2.45, 2.75) is 56.9 Å². The number of carboxylic acids is 1. The molecule has 0 aliphatic heterocycles. The molecule has 2 N–H and O–H groups in total. The smallest absolute Gasteiger partial charge is 0.305 e. The molecule has 0 aromatic carbocycles. The summed E-state index contributed by atoms with van der Waals surface area (Å²) < 4.78 is 0. The van der Waals surface area contributed by atoms with Crippen molar-refractivity contribution < 1.29 is 14.7 Å². The monoisotopic (exact) mass is 225 g/mol. The number of carbonyl (C=O) groups is 2. The Bertz CT molecular complexity index is 291. The summed E-state index contributed by atoms with van der Waals surface area (Å²) in [7, 11) is 0. The van der Waals surface area contributed by atoms with E-state index in [0.717, 1.165) is 44.9 Å². The number of amides is 1. The zero-order chi connectivity index (χ0) is 11.6. The lowest BCUT2D eigenvalue weighted by Crippen LogP contribution is -2.50. The first-order chi connectivity index (χ1) is 7.61. The number of hydrogen-bond donors (Lipinski definition) is 2. The fourth-order valence-electron chi connectivity index (χ4n) is 2.72. The average Bonchev–Trinajstić information content (AvgIpc) is 2.47. The molecule has 2 fully saturated rings. The number of nitrogens with one attached hydrogen (secondary N) is 1. The van der Waals surface area contributed by atoms with Gasteiger partial charge in [0.05, 0.1) is 12.0 Å². The molecule has 2 aliphatic rings. The molecule has 0 aromatic rings. The van der Waals surface area contributed by atoms with Crippen LogP contribution in [0.3, 0.4) is 0 Å². The Hall–Kier alpha value is -1.06. The van der Waals surface area contributed by atoms with Crippen LogP contribution < -0.4 is 5.32 Å². The lowest BCUT2D eigenvalue weighted by atomic mass is 9.83. The van der Waals surface area contributed by atoms with Crippen LogP contribution in [0.15, 0.2) is 0 Å². The van der Waals surface area contributed by atoms with Crippen LogP contribution in [0.2, 0.25) is 0 Å². The number of aliphatic carboxylic acids is 1. The molecule has 2 aliphatic carbocycles. The van der Waals surface area contributed by atoms with Crippen molar-refractivity contribution in [1.29, 1.82) is 0 Å². The van der Waals surface area contributed by atoms with Crippen LogP contribution >= 0.6 is 0 Å². The van der Waals surface area contributed by atoms with E-state index >= 15 is 0 Å². The zero-order valence-corrected chi connectivity index (χ0v) is 9.50. The summed E-state index contributed by atoms with van der Waals surface area (Å²) >= 11 is 0. The van der Waals surface area contributed by atoms with Crippen molar-refractivity contribution in [3.63, 3.8) is 0 Å². The Morgan fingerprint density at radius 2 is 1.81 bits per heavy atom. The van der Waals surface area contributed by atoms with E-state index in [4.69, 9.17) is 5.11 Å². The van der Waals surface area contributed by atoms with Gasteiger partial charge in [0.15, 0.2) is 0 Å². The molecule has 0 unspecified atom stereocenters. The third-order valence-corrected chi connectivity index (χ3v) is 3.91. The van der Waals surface area contributed by atoms with E-state index in [-0.39, 0.29) is 18.2 Å². The highest BCUT2D eigenvalue weighted by molar-refractivity contribution is 5.81. The second-order valence-electron chi connectivity index (χ2n) is 5.18. The van der Waals surface area contributed by atoms with Crippen LogP contribution in [-0.4, -0.2) is 22.5 Å². The maximum Gasteiger partial charge on any atom is 0.305 e. The fourth-order valence-corrected chi connectivity index (χ4v) is 2.72. The third-order valence-electron chi connectivity index (χ3n) is 3.91. The van der Waals surface area contributed by atoms with Gasteiger partial charge < -0.3 is 10.4 Å². The lowest BCUT2D eigenvalue weighted by Gasteiger charge is -2.33. The molecular weight excluding hydrogens is 206 g/mol. The SMILES string of the molecule is O=C(O)CC1(NC(=O)C2CCC2)CCCC1. The second kappa shape index (κ2) is 4.44. The van der Waals surface area contributed by atoms with Crippen molar-refractivity contribution in [2.75, 3.05) is 0 Å². The molecular formula is C12H19NO3. The highest BCUT2D eigenvalue weighted by Gasteiger charge is 2.39. The Kier molecular flexibility index (Phi) is 3.17. The molecule has 90 valence electrons. The molecule has 1 amide bonds. The predicted octanol–water partition coefficient (Wildman–Crippen LogP) is 1.69. The van der Waals surface area contributed by atoms with Gasteiger partial charge in [-0.3, -0.25) is 9.59 Å². The first-order valence-corrected chi connectivity index (χ1v) is 6.15. The van der Waals surface area contributed by atoms with E-state index in [2.05, 4.69) is 5.32 Å². The van der Waals surface area contributed by atoms with Crippen molar-refractivity contribution in [1.82, 2.24) is 5.32 Å². The molecule has 2 rings (SSSR count). The summed E-state index contributed by atoms with van der Waals surface area (Å²) in [4.78, 5) is 22.7. The van der Waals surface area contributed by atoms with Gasteiger partial charge in [-0.15, -0.1) is 0 Å². The topological polar surface area (TPSA) is 66.4 Å². The molecule has 0 radical (unpaired) electrons. The van der Waals surface area contributed by atoms with Crippen LogP contribution in [-0.2, 0) is 9.59 Å². The van der Waals surface area contributed by atoms with Gasteiger partial charge in [-0.25, -0.2) is 0 Å². The van der Waals surface area contributed by atoms with Crippen molar-refractivity contribution in [3.05, 3.63) is 0 Å². The van der Waals surface area contributed by atoms with E-state index < -0.39 is 11.5 Å². The maximum absolute atomic E-state index is 11.9. The van der Waals surface area contributed by atoms with Gasteiger partial charge in [0.25, 0.3) is 0 Å². The van der Waals surface area contributed by atoms with Gasteiger partial charge in [0, 0.05) is 5.92 Å². The van der Waals surface area contributed by atoms with Crippen LogP contribution in [0.25, 0.3) is 0 Å². The number of carboxylic acid groups (broad SMARTS) is 1. The Balaban J connectivity index is 1.96. The molecule has 0 atom stereocenters. The van der Waals surface area contributed by atoms with Crippen LogP contribution in [0.5, 0.6) is 0 Å². The third kappa shape index (κ3) is 2.36. The quantitative estimate of drug-likeness (QED) is 0.765. The zero-order valence-electron chi connectivity index (χ0n) is 9.50. The Labute approximate surface area is 95.4 Å². The summed E-state index contributed by atoms with van der Waals surface area (Å²) in [5, 5.41) is 11.9. The molecule has 0 bridgehead atoms. The molecule has 0 heterocycles. The molecule has 16 heavy (non-hydrogen) atoms. The summed E-state index contributed by atoms with van der Waals surface area (Å²) in [6.45, 7) is 0. The minimum absolute atomic E-state index is 0.0749. The average molecular weight is 225 g/mol. The van der Waals surface area contributed by atoms with E-state index in [1.54, 1.807) is 0 Å². The molecule has 0 aromatic heterocycles. The van der Waals surface area contributed by atoms with Crippen LogP contribution in [0.1, 0.15) is 51.4 Å². The fraction of sp³-hybridized carbons (Fsp3) is 0.833. The second-order valence-corrected chi connectivity index (χ2v) is 5.18. The minimum atomic E-state index is -0.809. The Morgan fingerprint density at radius 3 is 2.25 bits per heavy atom. The lowest BCUT2D eigenvalue weighted by molar-refractivity contribution is -0.139. The summed E-state index contributed by atoms with van der Waals surface area (Å²) in [5.74, 6) is -0.587. The van der Waals surface area contributed by atoms with Crippen LogP contribution in [0, 0.1) is 5.92 Å². The highest BCUT2D eigenvalue weighted by atomic mass is 16.4. The molecule has 2 saturated carbocycles. The normalized spacial score (nSPS) is 23.8. The van der Waals surface area contributed by atoms with Crippen LogP contribution in [0.4, 0.5) is 0 Å². The van der Waals surface area contributed by atoms with Gasteiger partial charge in [0.2, 0.25) is 5.91 Å². The first-order valence-electron chi connectivity index (χ1n) is 6.15. The van der Waals surface area contributed by atoms with E-state index in [1.165, 1.54) is 0 Å². The van der Waals surface area contributed by atoms with Crippen molar-refractivity contribution in [3.8, 4) is 0 Å². The van der Waals surface area contributed by atoms with Gasteiger partial charge in [-0.1, -0.05) is 19.3 Å². The van der Waals surface area contributed by atoms with E-state index in [1.807, 2.05) is 0 Å². The summed E-state index contributed by atoms with van der Waals surface area (Å²) in [6.07, 6.45) is 6.82. The van der Waals surface area contributed by atoms with E-state index in [9.17, 15) is 9.59 Å². The molecule has 0 spiro atoms. The highest BCUT2D eigenvalue weighted by Crippen LogP contribution is 2.34. The van der Waals surface area contributed by atoms with Gasteiger partial charge >= 0.3 is 5.97 Å². The van der Waals surface area contributed by atoms with Gasteiger partial charge in [-0.05, 0) is 25.7 Å². The number of carbonyl (C=O) groups excluding carboxylic acids is 1. The van der Waals surface area contributed by atoms with Gasteiger partial charge in [-0.2, -0.15) is 0 Å². The van der Waals surface area contributed by atoms with Crippen molar-refractivity contribution in [2.24, 2.45) is 5.92 Å². The van der Waals surface area contributed by atoms with Gasteiger partial charge in [0.1, 0.15) is 0 Å². The number of rotatable bonds is 4. The minimum Gasteiger partial charge on any atom is -0.481 e. The largest absolute Gasteiger partial charge is 0.481 e. The molecule has 0 saturated heterocycles. The first kappa shape index (κ1) is 11.4. The standard InChI is InChI=1S/C12H19NO3/c14-10(15)8-12(6-1-2-7-12)13-11(16)9-4-3-5-9/h9H,1-8H2,(H,13,16)(H,14,15).